The fraction of sp³-hybridized carbons (Fsp3) is 0.125. The van der Waals surface area contributed by atoms with E-state index in [1.807, 2.05) is 24.3 Å². The van der Waals surface area contributed by atoms with Crippen LogP contribution >= 0.6 is 31.9 Å². The molecule has 0 spiro atoms. The van der Waals surface area contributed by atoms with Crippen molar-refractivity contribution in [3.63, 3.8) is 0 Å². The van der Waals surface area contributed by atoms with Crippen molar-refractivity contribution in [2.24, 2.45) is 0 Å². The van der Waals surface area contributed by atoms with Crippen molar-refractivity contribution in [2.45, 2.75) is 26.9 Å². The molecule has 0 aliphatic heterocycles. The molecule has 268 valence electrons. The van der Waals surface area contributed by atoms with Gasteiger partial charge in [0, 0.05) is 46.5 Å². The lowest BCUT2D eigenvalue weighted by atomic mass is 10.0. The van der Waals surface area contributed by atoms with Gasteiger partial charge in [0.05, 0.1) is 10.7 Å². The van der Waals surface area contributed by atoms with Gasteiger partial charge in [-0.3, -0.25) is 0 Å². The molecule has 0 saturated heterocycles. The highest BCUT2D eigenvalue weighted by Gasteiger charge is 2.00. The molecule has 0 aliphatic rings. The zero-order chi connectivity index (χ0) is 36.4. The predicted octanol–water partition coefficient (Wildman–Crippen LogP) is 3.50. The highest BCUT2D eigenvalue weighted by molar-refractivity contribution is 9.09. The standard InChI is InChI=1S/C30H26N2.C18H12Br2.2BrH/c1-25-15-21-31(22-16-25)19-3-5-27-7-11-29(12-8-27)30-13-9-28(10-14-30)6-4-20-32-23-17-26(2)18-24-32;19-13-1-3-15-5-9-17(10-6-15)18-11-7-16(8-12-18)4-2-14-20;;/h7-18,21-24H,19-20H2,1-2H3;5-12H,13-14H2;2*1H/q+2;;;/p-2. The van der Waals surface area contributed by atoms with Crippen molar-refractivity contribution in [3.05, 3.63) is 179 Å². The summed E-state index contributed by atoms with van der Waals surface area (Å²) in [5.74, 6) is 25.1. The molecule has 2 heterocycles. The summed E-state index contributed by atoms with van der Waals surface area (Å²) in [7, 11) is 0. The van der Waals surface area contributed by atoms with E-state index in [0.29, 0.717) is 23.7 Å². The van der Waals surface area contributed by atoms with Crippen LogP contribution < -0.4 is 43.1 Å². The Balaban J connectivity index is 0.000000309. The lowest BCUT2D eigenvalue weighted by Gasteiger charge is -2.02. The molecule has 54 heavy (non-hydrogen) atoms. The lowest BCUT2D eigenvalue weighted by Crippen LogP contribution is -3.00. The summed E-state index contributed by atoms with van der Waals surface area (Å²) in [5.41, 5.74) is 11.4. The molecule has 6 rings (SSSR count). The summed E-state index contributed by atoms with van der Waals surface area (Å²) in [6.45, 7) is 5.55. The van der Waals surface area contributed by atoms with E-state index in [9.17, 15) is 0 Å². The second-order valence-electron chi connectivity index (χ2n) is 11.9. The first-order valence-electron chi connectivity index (χ1n) is 16.9. The van der Waals surface area contributed by atoms with Gasteiger partial charge in [-0.1, -0.05) is 116 Å². The van der Waals surface area contributed by atoms with Crippen molar-refractivity contribution < 1.29 is 43.1 Å². The molecule has 0 amide bonds. The first-order chi connectivity index (χ1) is 25.5. The summed E-state index contributed by atoms with van der Waals surface area (Å²) in [5, 5.41) is 1.40. The van der Waals surface area contributed by atoms with Crippen LogP contribution in [0.15, 0.2) is 146 Å². The number of nitrogens with zero attached hydrogens (tertiary/aromatic N) is 2. The third-order valence-electron chi connectivity index (χ3n) is 7.91. The molecule has 0 bridgehead atoms. The van der Waals surface area contributed by atoms with Crippen LogP contribution in [-0.2, 0) is 13.1 Å². The van der Waals surface area contributed by atoms with Crippen molar-refractivity contribution in [2.75, 3.05) is 10.7 Å². The minimum atomic E-state index is 0. The van der Waals surface area contributed by atoms with Gasteiger partial charge in [0.15, 0.2) is 24.8 Å². The topological polar surface area (TPSA) is 7.76 Å². The molecule has 0 saturated carbocycles. The van der Waals surface area contributed by atoms with Gasteiger partial charge in [-0.2, -0.15) is 9.13 Å². The van der Waals surface area contributed by atoms with E-state index in [4.69, 9.17) is 0 Å². The van der Waals surface area contributed by atoms with Crippen molar-refractivity contribution >= 4 is 31.9 Å². The van der Waals surface area contributed by atoms with Gasteiger partial charge in [0.2, 0.25) is 13.1 Å². The Bertz CT molecular complexity index is 2130. The molecule has 0 fully saturated rings. The Labute approximate surface area is 358 Å². The average molecular weight is 962 g/mol. The Morgan fingerprint density at radius 2 is 0.611 bits per heavy atom. The number of aromatic nitrogens is 2. The van der Waals surface area contributed by atoms with Gasteiger partial charge in [-0.05, 0) is 108 Å². The molecular weight excluding hydrogens is 924 g/mol. The SMILES string of the molecule is BrCC#Cc1ccc(-c2ccc(C#CCBr)cc2)cc1.Cc1cc[n+](CC#Cc2ccc(-c3ccc(C#CC[n+]4ccc(C)cc4)cc3)cc2)cc1.[Br-].[Br-]. The maximum absolute atomic E-state index is 3.30. The predicted molar refractivity (Wildman–Crippen MR) is 222 cm³/mol. The molecular formula is C48H38Br4N2. The zero-order valence-corrected chi connectivity index (χ0v) is 36.4. The Morgan fingerprint density at radius 3 is 0.852 bits per heavy atom. The smallest absolute Gasteiger partial charge is 0.209 e. The van der Waals surface area contributed by atoms with E-state index in [1.54, 1.807) is 0 Å². The van der Waals surface area contributed by atoms with Crippen molar-refractivity contribution in [1.29, 1.82) is 0 Å². The van der Waals surface area contributed by atoms with Crippen LogP contribution in [0.25, 0.3) is 22.3 Å². The van der Waals surface area contributed by atoms with Crippen LogP contribution in [0.4, 0.5) is 0 Å². The van der Waals surface area contributed by atoms with Crippen molar-refractivity contribution in [1.82, 2.24) is 0 Å². The number of hydrogen-bond acceptors (Lipinski definition) is 0. The quantitative estimate of drug-likeness (QED) is 0.146. The van der Waals surface area contributed by atoms with Crippen LogP contribution in [0.2, 0.25) is 0 Å². The van der Waals surface area contributed by atoms with E-state index in [1.165, 1.54) is 33.4 Å². The minimum Gasteiger partial charge on any atom is -1.00 e. The van der Waals surface area contributed by atoms with E-state index in [0.717, 1.165) is 22.3 Å². The number of pyridine rings is 2. The van der Waals surface area contributed by atoms with Gasteiger partial charge >= 0.3 is 0 Å². The zero-order valence-electron chi connectivity index (χ0n) is 30.1. The second-order valence-corrected chi connectivity index (χ2v) is 13.0. The molecule has 0 unspecified atom stereocenters. The van der Waals surface area contributed by atoms with Crippen LogP contribution in [0.1, 0.15) is 33.4 Å². The molecule has 0 atom stereocenters. The Kier molecular flexibility index (Phi) is 19.4. The van der Waals surface area contributed by atoms with E-state index < -0.39 is 0 Å². The lowest BCUT2D eigenvalue weighted by molar-refractivity contribution is -0.685. The largest absolute Gasteiger partial charge is 1.00 e. The third kappa shape index (κ3) is 14.6. The molecule has 0 aliphatic carbocycles. The normalized spacial score (nSPS) is 9.26. The number of aryl methyl sites for hydroxylation is 2. The first-order valence-corrected chi connectivity index (χ1v) is 19.1. The van der Waals surface area contributed by atoms with Crippen LogP contribution in [-0.4, -0.2) is 10.7 Å². The van der Waals surface area contributed by atoms with Gasteiger partial charge in [-0.25, -0.2) is 0 Å². The van der Waals surface area contributed by atoms with Crippen LogP contribution in [0, 0.1) is 61.2 Å². The molecule has 0 N–H and O–H groups in total. The van der Waals surface area contributed by atoms with Gasteiger partial charge in [0.25, 0.3) is 0 Å². The highest BCUT2D eigenvalue weighted by atomic mass is 79.9. The monoisotopic (exact) mass is 958 g/mol. The van der Waals surface area contributed by atoms with E-state index in [-0.39, 0.29) is 34.0 Å². The molecule has 6 heteroatoms. The molecule has 4 aromatic carbocycles. The van der Waals surface area contributed by atoms with Gasteiger partial charge < -0.3 is 34.0 Å². The number of halogens is 4. The fourth-order valence-electron chi connectivity index (χ4n) is 5.00. The third-order valence-corrected chi connectivity index (χ3v) is 8.47. The molecule has 0 radical (unpaired) electrons. The number of rotatable bonds is 4. The summed E-state index contributed by atoms with van der Waals surface area (Å²) in [4.78, 5) is 0. The summed E-state index contributed by atoms with van der Waals surface area (Å²) in [6, 6.07) is 41.7. The number of hydrogen-bond donors (Lipinski definition) is 0. The van der Waals surface area contributed by atoms with Gasteiger partial charge in [-0.15, -0.1) is 0 Å². The number of alkyl halides is 2. The average Bonchev–Trinajstić information content (AvgIpc) is 3.19. The van der Waals surface area contributed by atoms with E-state index >= 15 is 0 Å². The Morgan fingerprint density at radius 1 is 0.370 bits per heavy atom. The molecule has 2 aromatic heterocycles. The fourth-order valence-corrected chi connectivity index (χ4v) is 5.28. The molecule has 2 nitrogen and oxygen atoms in total. The minimum absolute atomic E-state index is 0. The Hall–Kier alpha value is -4.66. The molecule has 6 aromatic rings. The summed E-state index contributed by atoms with van der Waals surface area (Å²) < 4.78 is 4.16. The maximum Gasteiger partial charge on any atom is 0.209 e. The maximum atomic E-state index is 3.30. The highest BCUT2D eigenvalue weighted by Crippen LogP contribution is 2.21. The number of benzene rings is 4. The van der Waals surface area contributed by atoms with Crippen molar-refractivity contribution in [3.8, 4) is 69.6 Å². The van der Waals surface area contributed by atoms with Crippen LogP contribution in [0.3, 0.4) is 0 Å². The van der Waals surface area contributed by atoms with Crippen LogP contribution in [0.5, 0.6) is 0 Å². The second kappa shape index (κ2) is 23.9. The summed E-state index contributed by atoms with van der Waals surface area (Å²) in [6.07, 6.45) is 8.23. The van der Waals surface area contributed by atoms with E-state index in [2.05, 4.69) is 224 Å². The van der Waals surface area contributed by atoms with Gasteiger partial charge in [0.1, 0.15) is 0 Å². The summed E-state index contributed by atoms with van der Waals surface area (Å²) >= 11 is 6.59. The first kappa shape index (κ1) is 43.7.